The smallest absolute Gasteiger partial charge is 0.333 e. The van der Waals surface area contributed by atoms with Crippen molar-refractivity contribution in [3.8, 4) is 0 Å². The maximum atomic E-state index is 12.1. The molecule has 0 atom stereocenters. The number of rotatable bonds is 5. The van der Waals surface area contributed by atoms with Gasteiger partial charge in [0.15, 0.2) is 0 Å². The molecule has 0 bridgehead atoms. The molecule has 1 aliphatic rings. The molecular weight excluding hydrogens is 340 g/mol. The zero-order valence-electron chi connectivity index (χ0n) is 12.4. The van der Waals surface area contributed by atoms with Crippen LogP contribution >= 0.6 is 23.4 Å². The summed E-state index contributed by atoms with van der Waals surface area (Å²) in [6.45, 7) is 1.76. The fraction of sp³-hybridized carbons (Fsp3) is 0.267. The number of halogens is 1. The Morgan fingerprint density at radius 2 is 2.26 bits per heavy atom. The van der Waals surface area contributed by atoms with E-state index in [0.29, 0.717) is 15.7 Å². The first kappa shape index (κ1) is 17.4. The molecule has 0 aromatic heterocycles. The van der Waals surface area contributed by atoms with Crippen LogP contribution in [0.25, 0.3) is 0 Å². The highest BCUT2D eigenvalue weighted by molar-refractivity contribution is 8.04. The molecule has 0 spiro atoms. The summed E-state index contributed by atoms with van der Waals surface area (Å²) in [5.41, 5.74) is 0.540. The molecule has 1 N–H and O–H groups in total. The zero-order chi connectivity index (χ0) is 16.8. The number of nitrogens with zero attached hydrogens (tertiary/aromatic N) is 1. The number of hydrogen-bond donors (Lipinski definition) is 1. The number of nitrogens with one attached hydrogen (secondary N) is 1. The molecule has 122 valence electrons. The number of anilines is 1. The highest BCUT2D eigenvalue weighted by atomic mass is 35.5. The highest BCUT2D eigenvalue weighted by Crippen LogP contribution is 2.28. The Bertz CT molecular complexity index is 663. The molecule has 2 rings (SSSR count). The Morgan fingerprint density at radius 3 is 2.96 bits per heavy atom. The van der Waals surface area contributed by atoms with Crippen molar-refractivity contribution in [2.45, 2.75) is 6.92 Å². The van der Waals surface area contributed by atoms with Crippen LogP contribution in [0.1, 0.15) is 6.92 Å². The second kappa shape index (κ2) is 8.03. The van der Waals surface area contributed by atoms with Crippen molar-refractivity contribution in [3.05, 3.63) is 40.4 Å². The number of thioether (sulfide) groups is 1. The number of benzene rings is 1. The molecule has 1 fully saturated rings. The first-order valence-electron chi connectivity index (χ1n) is 6.86. The van der Waals surface area contributed by atoms with Crippen LogP contribution in [0.2, 0.25) is 5.02 Å². The van der Waals surface area contributed by atoms with E-state index in [0.717, 1.165) is 0 Å². The van der Waals surface area contributed by atoms with Crippen LogP contribution in [0.15, 0.2) is 35.4 Å². The topological polar surface area (TPSA) is 75.7 Å². The molecule has 2 amide bonds. The van der Waals surface area contributed by atoms with Crippen molar-refractivity contribution in [2.75, 3.05) is 24.2 Å². The average molecular weight is 355 g/mol. The molecule has 1 aliphatic heterocycles. The Balaban J connectivity index is 2.02. The van der Waals surface area contributed by atoms with Crippen LogP contribution in [0.5, 0.6) is 0 Å². The molecular formula is C15H15ClN2O4S. The second-order valence-electron chi connectivity index (χ2n) is 4.56. The molecule has 0 unspecified atom stereocenters. The normalized spacial score (nSPS) is 15.8. The van der Waals surface area contributed by atoms with E-state index in [1.54, 1.807) is 31.2 Å². The van der Waals surface area contributed by atoms with E-state index >= 15 is 0 Å². The number of esters is 1. The van der Waals surface area contributed by atoms with Gasteiger partial charge in [0.1, 0.15) is 6.54 Å². The third-order valence-electron chi connectivity index (χ3n) is 2.85. The number of ether oxygens (including phenoxy) is 1. The van der Waals surface area contributed by atoms with Gasteiger partial charge in [-0.15, -0.1) is 0 Å². The summed E-state index contributed by atoms with van der Waals surface area (Å²) >= 11 is 7.05. The number of amides is 2. The van der Waals surface area contributed by atoms with Crippen molar-refractivity contribution in [1.82, 2.24) is 4.90 Å². The van der Waals surface area contributed by atoms with Gasteiger partial charge in [-0.3, -0.25) is 14.5 Å². The molecule has 8 heteroatoms. The lowest BCUT2D eigenvalue weighted by Crippen LogP contribution is -2.34. The summed E-state index contributed by atoms with van der Waals surface area (Å²) in [6.07, 6.45) is 1.23. The number of carbonyl (C=O) groups excluding carboxylic acids is 3. The van der Waals surface area contributed by atoms with Gasteiger partial charge in [0.05, 0.1) is 23.5 Å². The van der Waals surface area contributed by atoms with Crippen molar-refractivity contribution in [1.29, 1.82) is 0 Å². The van der Waals surface area contributed by atoms with E-state index in [1.807, 2.05) is 0 Å². The van der Waals surface area contributed by atoms with Crippen LogP contribution in [-0.4, -0.2) is 41.6 Å². The maximum Gasteiger partial charge on any atom is 0.333 e. The molecule has 6 nitrogen and oxygen atoms in total. The van der Waals surface area contributed by atoms with Crippen molar-refractivity contribution in [2.24, 2.45) is 0 Å². The predicted molar refractivity (Wildman–Crippen MR) is 89.0 cm³/mol. The van der Waals surface area contributed by atoms with Gasteiger partial charge in [-0.2, -0.15) is 0 Å². The first-order chi connectivity index (χ1) is 11.0. The summed E-state index contributed by atoms with van der Waals surface area (Å²) in [4.78, 5) is 36.7. The van der Waals surface area contributed by atoms with Crippen LogP contribution < -0.4 is 5.32 Å². The predicted octanol–water partition coefficient (Wildman–Crippen LogP) is 2.26. The van der Waals surface area contributed by atoms with Gasteiger partial charge in [0.25, 0.3) is 0 Å². The lowest BCUT2D eigenvalue weighted by molar-refractivity contribution is -0.137. The minimum absolute atomic E-state index is 0.177. The summed E-state index contributed by atoms with van der Waals surface area (Å²) in [7, 11) is 0. The van der Waals surface area contributed by atoms with Crippen LogP contribution in [-0.2, 0) is 19.1 Å². The quantitative estimate of drug-likeness (QED) is 0.648. The fourth-order valence-electron chi connectivity index (χ4n) is 1.90. The van der Waals surface area contributed by atoms with Crippen molar-refractivity contribution < 1.29 is 19.1 Å². The largest absolute Gasteiger partial charge is 0.463 e. The van der Waals surface area contributed by atoms with Crippen LogP contribution in [0, 0.1) is 0 Å². The van der Waals surface area contributed by atoms with Crippen molar-refractivity contribution in [3.63, 3.8) is 0 Å². The highest BCUT2D eigenvalue weighted by Gasteiger charge is 2.29. The molecule has 0 aliphatic carbocycles. The Labute approximate surface area is 142 Å². The summed E-state index contributed by atoms with van der Waals surface area (Å²) < 4.78 is 4.82. The number of hydrogen-bond acceptors (Lipinski definition) is 5. The third-order valence-corrected chi connectivity index (χ3v) is 4.11. The van der Waals surface area contributed by atoms with E-state index < -0.39 is 5.97 Å². The molecule has 0 saturated carbocycles. The lowest BCUT2D eigenvalue weighted by Gasteiger charge is -2.16. The Hall–Kier alpha value is -1.99. The van der Waals surface area contributed by atoms with E-state index in [1.165, 1.54) is 22.7 Å². The Morgan fingerprint density at radius 1 is 1.48 bits per heavy atom. The van der Waals surface area contributed by atoms with E-state index in [9.17, 15) is 14.4 Å². The minimum atomic E-state index is -0.537. The molecule has 0 radical (unpaired) electrons. The van der Waals surface area contributed by atoms with E-state index in [2.05, 4.69) is 5.32 Å². The summed E-state index contributed by atoms with van der Waals surface area (Å²) in [5, 5.41) is 3.57. The van der Waals surface area contributed by atoms with Crippen LogP contribution in [0.4, 0.5) is 5.69 Å². The van der Waals surface area contributed by atoms with Gasteiger partial charge in [0.2, 0.25) is 11.8 Å². The SMILES string of the molecule is CCOC(=O)/C=C1\SCC(=O)N1CC(=O)Nc1cccc(Cl)c1. The molecule has 1 aromatic carbocycles. The number of carbonyl (C=O) groups is 3. The lowest BCUT2D eigenvalue weighted by atomic mass is 10.3. The first-order valence-corrected chi connectivity index (χ1v) is 8.23. The standard InChI is InChI=1S/C15H15ClN2O4S/c1-2-22-15(21)7-14-18(13(20)9-23-14)8-12(19)17-11-5-3-4-10(16)6-11/h3-7H,2,8-9H2,1H3,(H,17,19)/b14-7-. The minimum Gasteiger partial charge on any atom is -0.463 e. The van der Waals surface area contributed by atoms with E-state index in [-0.39, 0.29) is 30.7 Å². The van der Waals surface area contributed by atoms with Crippen molar-refractivity contribution >= 4 is 46.8 Å². The second-order valence-corrected chi connectivity index (χ2v) is 5.99. The van der Waals surface area contributed by atoms with Gasteiger partial charge in [-0.05, 0) is 25.1 Å². The van der Waals surface area contributed by atoms with Crippen LogP contribution in [0.3, 0.4) is 0 Å². The fourth-order valence-corrected chi connectivity index (χ4v) is 3.01. The average Bonchev–Trinajstić information content (AvgIpc) is 2.80. The molecule has 1 heterocycles. The molecule has 1 aromatic rings. The van der Waals surface area contributed by atoms with Gasteiger partial charge in [-0.1, -0.05) is 29.4 Å². The molecule has 1 saturated heterocycles. The van der Waals surface area contributed by atoms with E-state index in [4.69, 9.17) is 16.3 Å². The van der Waals surface area contributed by atoms with Gasteiger partial charge in [-0.25, -0.2) is 4.79 Å². The molecule has 23 heavy (non-hydrogen) atoms. The summed E-state index contributed by atoms with van der Waals surface area (Å²) in [5.74, 6) is -0.954. The zero-order valence-corrected chi connectivity index (χ0v) is 13.9. The maximum absolute atomic E-state index is 12.1. The van der Waals surface area contributed by atoms with Gasteiger partial charge >= 0.3 is 5.97 Å². The third kappa shape index (κ3) is 5.01. The monoisotopic (exact) mass is 354 g/mol. The summed E-state index contributed by atoms with van der Waals surface area (Å²) in [6, 6.07) is 6.70. The Kier molecular flexibility index (Phi) is 6.06. The van der Waals surface area contributed by atoms with Gasteiger partial charge < -0.3 is 10.1 Å². The van der Waals surface area contributed by atoms with Gasteiger partial charge in [0, 0.05) is 10.7 Å².